The first-order chi connectivity index (χ1) is 13.2. The Kier molecular flexibility index (Phi) is 4.74. The zero-order valence-corrected chi connectivity index (χ0v) is 14.7. The van der Waals surface area contributed by atoms with E-state index in [9.17, 15) is 9.59 Å². The van der Waals surface area contributed by atoms with E-state index < -0.39 is 0 Å². The molecule has 0 aliphatic carbocycles. The van der Waals surface area contributed by atoms with Gasteiger partial charge in [0.1, 0.15) is 11.3 Å². The van der Waals surface area contributed by atoms with Gasteiger partial charge in [-0.1, -0.05) is 24.3 Å². The minimum atomic E-state index is -0.385. The molecular formula is C20H19N3O4. The molecule has 1 aromatic heterocycles. The molecule has 0 unspecified atom stereocenters. The summed E-state index contributed by atoms with van der Waals surface area (Å²) in [6.45, 7) is 1.90. The smallest absolute Gasteiger partial charge is 0.415 e. The monoisotopic (exact) mass is 365 g/mol. The van der Waals surface area contributed by atoms with E-state index >= 15 is 0 Å². The molecule has 1 aliphatic rings. The quantitative estimate of drug-likeness (QED) is 0.713. The van der Waals surface area contributed by atoms with Crippen molar-refractivity contribution in [3.05, 3.63) is 60.5 Å². The molecule has 1 aliphatic heterocycles. The summed E-state index contributed by atoms with van der Waals surface area (Å²) in [4.78, 5) is 32.2. The molecule has 0 spiro atoms. The number of carbonyl (C=O) groups is 2. The van der Waals surface area contributed by atoms with Crippen LogP contribution in [0.3, 0.4) is 0 Å². The molecule has 4 rings (SSSR count). The maximum Gasteiger partial charge on any atom is 0.415 e. The van der Waals surface area contributed by atoms with Crippen molar-refractivity contribution in [3.63, 3.8) is 0 Å². The fourth-order valence-electron chi connectivity index (χ4n) is 3.09. The fourth-order valence-corrected chi connectivity index (χ4v) is 3.09. The van der Waals surface area contributed by atoms with Crippen LogP contribution in [0.2, 0.25) is 0 Å². The Morgan fingerprint density at radius 1 is 1.00 bits per heavy atom. The lowest BCUT2D eigenvalue weighted by Gasteiger charge is -2.34. The van der Waals surface area contributed by atoms with Gasteiger partial charge < -0.3 is 19.0 Å². The highest BCUT2D eigenvalue weighted by Gasteiger charge is 2.25. The predicted molar refractivity (Wildman–Crippen MR) is 98.3 cm³/mol. The van der Waals surface area contributed by atoms with E-state index in [2.05, 4.69) is 4.98 Å². The van der Waals surface area contributed by atoms with Crippen LogP contribution in [0.1, 0.15) is 5.56 Å². The number of ether oxygens (including phenoxy) is 1. The third-order valence-electron chi connectivity index (χ3n) is 4.59. The first-order valence-electron chi connectivity index (χ1n) is 8.81. The van der Waals surface area contributed by atoms with E-state index in [-0.39, 0.29) is 12.0 Å². The normalized spacial score (nSPS) is 14.4. The topological polar surface area (TPSA) is 75.9 Å². The summed E-state index contributed by atoms with van der Waals surface area (Å²) in [7, 11) is 0. The SMILES string of the molecule is O=C(Cc1ccc2ncoc2c1)N1CCN(C(=O)Oc2ccccc2)CC1. The average Bonchev–Trinajstić information content (AvgIpc) is 3.16. The highest BCUT2D eigenvalue weighted by atomic mass is 16.6. The van der Waals surface area contributed by atoms with E-state index in [1.54, 1.807) is 21.9 Å². The lowest BCUT2D eigenvalue weighted by molar-refractivity contribution is -0.132. The van der Waals surface area contributed by atoms with Crippen LogP contribution in [0.15, 0.2) is 59.3 Å². The number of hydrogen-bond donors (Lipinski definition) is 0. The van der Waals surface area contributed by atoms with Crippen LogP contribution in [0, 0.1) is 0 Å². The maximum atomic E-state index is 12.6. The van der Waals surface area contributed by atoms with Crippen LogP contribution >= 0.6 is 0 Å². The Bertz CT molecular complexity index is 946. The van der Waals surface area contributed by atoms with Gasteiger partial charge in [-0.05, 0) is 29.8 Å². The van der Waals surface area contributed by atoms with E-state index in [1.165, 1.54) is 6.39 Å². The second-order valence-corrected chi connectivity index (χ2v) is 6.38. The average molecular weight is 365 g/mol. The van der Waals surface area contributed by atoms with Crippen molar-refractivity contribution in [2.75, 3.05) is 26.2 Å². The molecule has 2 heterocycles. The number of fused-ring (bicyclic) bond motifs is 1. The van der Waals surface area contributed by atoms with Crippen molar-refractivity contribution in [2.45, 2.75) is 6.42 Å². The highest BCUT2D eigenvalue weighted by molar-refractivity contribution is 5.81. The summed E-state index contributed by atoms with van der Waals surface area (Å²) < 4.78 is 10.6. The number of aromatic nitrogens is 1. The summed E-state index contributed by atoms with van der Waals surface area (Å²) in [6, 6.07) is 14.5. The number of carbonyl (C=O) groups excluding carboxylic acids is 2. The number of benzene rings is 2. The highest BCUT2D eigenvalue weighted by Crippen LogP contribution is 2.16. The Hall–Kier alpha value is -3.35. The van der Waals surface area contributed by atoms with Crippen LogP contribution < -0.4 is 4.74 Å². The van der Waals surface area contributed by atoms with Gasteiger partial charge in [-0.3, -0.25) is 4.79 Å². The lowest BCUT2D eigenvalue weighted by Crippen LogP contribution is -2.51. The number of rotatable bonds is 3. The Morgan fingerprint density at radius 3 is 2.52 bits per heavy atom. The minimum absolute atomic E-state index is 0.0324. The summed E-state index contributed by atoms with van der Waals surface area (Å²) in [5.41, 5.74) is 2.33. The third-order valence-corrected chi connectivity index (χ3v) is 4.59. The number of oxazole rings is 1. The van der Waals surface area contributed by atoms with Gasteiger partial charge in [0.25, 0.3) is 0 Å². The Morgan fingerprint density at radius 2 is 1.74 bits per heavy atom. The first kappa shape index (κ1) is 17.1. The van der Waals surface area contributed by atoms with Crippen molar-refractivity contribution in [1.82, 2.24) is 14.8 Å². The fraction of sp³-hybridized carbons (Fsp3) is 0.250. The van der Waals surface area contributed by atoms with Crippen molar-refractivity contribution in [2.24, 2.45) is 0 Å². The number of hydrogen-bond acceptors (Lipinski definition) is 5. The number of amides is 2. The summed E-state index contributed by atoms with van der Waals surface area (Å²) in [5.74, 6) is 0.550. The lowest BCUT2D eigenvalue weighted by atomic mass is 10.1. The summed E-state index contributed by atoms with van der Waals surface area (Å²) in [5, 5.41) is 0. The van der Waals surface area contributed by atoms with Gasteiger partial charge in [-0.15, -0.1) is 0 Å². The summed E-state index contributed by atoms with van der Waals surface area (Å²) >= 11 is 0. The van der Waals surface area contributed by atoms with Crippen molar-refractivity contribution >= 4 is 23.1 Å². The maximum absolute atomic E-state index is 12.6. The van der Waals surface area contributed by atoms with Gasteiger partial charge in [0, 0.05) is 26.2 Å². The van der Waals surface area contributed by atoms with Crippen LogP contribution in [-0.4, -0.2) is 53.0 Å². The molecule has 7 heteroatoms. The van der Waals surface area contributed by atoms with Gasteiger partial charge in [-0.2, -0.15) is 0 Å². The van der Waals surface area contributed by atoms with Crippen LogP contribution in [-0.2, 0) is 11.2 Å². The van der Waals surface area contributed by atoms with E-state index in [0.29, 0.717) is 43.9 Å². The molecule has 3 aromatic rings. The second kappa shape index (κ2) is 7.49. The molecule has 0 N–H and O–H groups in total. The number of para-hydroxylation sites is 1. The van der Waals surface area contributed by atoms with Gasteiger partial charge in [0.05, 0.1) is 6.42 Å². The van der Waals surface area contributed by atoms with E-state index in [1.807, 2.05) is 36.4 Å². The first-order valence-corrected chi connectivity index (χ1v) is 8.81. The van der Waals surface area contributed by atoms with Crippen LogP contribution in [0.25, 0.3) is 11.1 Å². The van der Waals surface area contributed by atoms with Crippen molar-refractivity contribution in [3.8, 4) is 5.75 Å². The van der Waals surface area contributed by atoms with Gasteiger partial charge >= 0.3 is 6.09 Å². The molecular weight excluding hydrogens is 346 g/mol. The van der Waals surface area contributed by atoms with Crippen molar-refractivity contribution < 1.29 is 18.7 Å². The summed E-state index contributed by atoms with van der Waals surface area (Å²) in [6.07, 6.45) is 1.30. The van der Waals surface area contributed by atoms with E-state index in [0.717, 1.165) is 11.1 Å². The molecule has 138 valence electrons. The van der Waals surface area contributed by atoms with Gasteiger partial charge in [0.2, 0.25) is 5.91 Å². The zero-order valence-electron chi connectivity index (χ0n) is 14.7. The second-order valence-electron chi connectivity index (χ2n) is 6.38. The molecule has 1 fully saturated rings. The Balaban J connectivity index is 1.30. The largest absolute Gasteiger partial charge is 0.443 e. The van der Waals surface area contributed by atoms with Crippen LogP contribution in [0.4, 0.5) is 4.79 Å². The molecule has 0 atom stereocenters. The molecule has 0 bridgehead atoms. The Labute approximate surface area is 156 Å². The molecule has 27 heavy (non-hydrogen) atoms. The molecule has 1 saturated heterocycles. The molecule has 2 aromatic carbocycles. The van der Waals surface area contributed by atoms with Gasteiger partial charge in [0.15, 0.2) is 12.0 Å². The zero-order chi connectivity index (χ0) is 18.6. The van der Waals surface area contributed by atoms with Crippen molar-refractivity contribution in [1.29, 1.82) is 0 Å². The predicted octanol–water partition coefficient (Wildman–Crippen LogP) is 2.71. The number of piperazine rings is 1. The molecule has 2 amide bonds. The molecule has 0 saturated carbocycles. The minimum Gasteiger partial charge on any atom is -0.443 e. The van der Waals surface area contributed by atoms with Crippen LogP contribution in [0.5, 0.6) is 5.75 Å². The van der Waals surface area contributed by atoms with Gasteiger partial charge in [-0.25, -0.2) is 9.78 Å². The third kappa shape index (κ3) is 3.92. The molecule has 7 nitrogen and oxygen atoms in total. The standard InChI is InChI=1S/C20H19N3O4/c24-19(13-15-6-7-17-18(12-15)26-14-21-17)22-8-10-23(11-9-22)20(25)27-16-4-2-1-3-5-16/h1-7,12,14H,8-11,13H2. The number of nitrogens with zero attached hydrogens (tertiary/aromatic N) is 3. The molecule has 0 radical (unpaired) electrons. The van der Waals surface area contributed by atoms with E-state index in [4.69, 9.17) is 9.15 Å².